The van der Waals surface area contributed by atoms with Crippen molar-refractivity contribution in [3.63, 3.8) is 0 Å². The normalized spacial score (nSPS) is 22.5. The third-order valence-electron chi connectivity index (χ3n) is 3.45. The highest BCUT2D eigenvalue weighted by Crippen LogP contribution is 2.25. The van der Waals surface area contributed by atoms with Gasteiger partial charge in [0.2, 0.25) is 0 Å². The van der Waals surface area contributed by atoms with Crippen LogP contribution in [0.1, 0.15) is 46.0 Å². The highest BCUT2D eigenvalue weighted by molar-refractivity contribution is 4.72. The van der Waals surface area contributed by atoms with Crippen LogP contribution in [0.4, 0.5) is 0 Å². The molecule has 2 unspecified atom stereocenters. The molecule has 0 amide bonds. The average molecular weight is 199 g/mol. The predicted octanol–water partition coefficient (Wildman–Crippen LogP) is 2.58. The Morgan fingerprint density at radius 3 is 2.50 bits per heavy atom. The van der Waals surface area contributed by atoms with Crippen molar-refractivity contribution >= 4 is 0 Å². The predicted molar refractivity (Wildman–Crippen MR) is 60.5 cm³/mol. The summed E-state index contributed by atoms with van der Waals surface area (Å²) in [5.74, 6) is 0.840. The molecule has 84 valence electrons. The van der Waals surface area contributed by atoms with Gasteiger partial charge < -0.3 is 10.1 Å². The molecule has 2 atom stereocenters. The van der Waals surface area contributed by atoms with Crippen molar-refractivity contribution in [2.75, 3.05) is 13.7 Å². The van der Waals surface area contributed by atoms with Gasteiger partial charge in [-0.1, -0.05) is 19.8 Å². The number of nitrogens with one attached hydrogen (secondary N) is 1. The highest BCUT2D eigenvalue weighted by atomic mass is 16.5. The second-order valence-corrected chi connectivity index (χ2v) is 4.49. The fourth-order valence-electron chi connectivity index (χ4n) is 2.35. The van der Waals surface area contributed by atoms with Crippen LogP contribution in [-0.4, -0.2) is 25.8 Å². The molecule has 0 aromatic heterocycles. The van der Waals surface area contributed by atoms with Crippen molar-refractivity contribution in [1.29, 1.82) is 0 Å². The Kier molecular flexibility index (Phi) is 5.49. The van der Waals surface area contributed by atoms with E-state index in [4.69, 9.17) is 4.74 Å². The van der Waals surface area contributed by atoms with Crippen molar-refractivity contribution in [1.82, 2.24) is 5.32 Å². The van der Waals surface area contributed by atoms with Gasteiger partial charge in [-0.2, -0.15) is 0 Å². The molecule has 1 rings (SSSR count). The minimum atomic E-state index is 0.352. The number of hydrogen-bond acceptors (Lipinski definition) is 2. The maximum Gasteiger partial charge on any atom is 0.0699 e. The molecule has 0 bridgehead atoms. The van der Waals surface area contributed by atoms with E-state index < -0.39 is 0 Å². The van der Waals surface area contributed by atoms with Crippen molar-refractivity contribution in [3.8, 4) is 0 Å². The van der Waals surface area contributed by atoms with E-state index in [9.17, 15) is 0 Å². The first-order valence-corrected chi connectivity index (χ1v) is 6.06. The lowest BCUT2D eigenvalue weighted by Crippen LogP contribution is -2.37. The summed E-state index contributed by atoms with van der Waals surface area (Å²) in [4.78, 5) is 0. The fraction of sp³-hybridized carbons (Fsp3) is 1.00. The molecular formula is C12H25NO. The van der Waals surface area contributed by atoms with Gasteiger partial charge in [0.25, 0.3) is 0 Å². The summed E-state index contributed by atoms with van der Waals surface area (Å²) in [5.41, 5.74) is 0. The maximum absolute atomic E-state index is 5.91. The topological polar surface area (TPSA) is 21.3 Å². The number of ether oxygens (including phenoxy) is 1. The third-order valence-corrected chi connectivity index (χ3v) is 3.45. The summed E-state index contributed by atoms with van der Waals surface area (Å²) in [5, 5.41) is 3.30. The van der Waals surface area contributed by atoms with Crippen LogP contribution in [0.15, 0.2) is 0 Å². The maximum atomic E-state index is 5.91. The van der Waals surface area contributed by atoms with Gasteiger partial charge in [-0.15, -0.1) is 0 Å². The molecular weight excluding hydrogens is 174 g/mol. The van der Waals surface area contributed by atoms with E-state index in [1.165, 1.54) is 25.7 Å². The van der Waals surface area contributed by atoms with Gasteiger partial charge in [0.05, 0.1) is 6.10 Å². The first kappa shape index (κ1) is 12.0. The fourth-order valence-corrected chi connectivity index (χ4v) is 2.35. The smallest absolute Gasteiger partial charge is 0.0699 e. The SMILES string of the molecule is CCC(NC)C(C)OCC1CCCC1. The van der Waals surface area contributed by atoms with E-state index in [0.29, 0.717) is 12.1 Å². The number of likely N-dealkylation sites (N-methyl/N-ethyl adjacent to an activating group) is 1. The van der Waals surface area contributed by atoms with E-state index in [-0.39, 0.29) is 0 Å². The Balaban J connectivity index is 2.15. The van der Waals surface area contributed by atoms with Crippen LogP contribution in [0.25, 0.3) is 0 Å². The van der Waals surface area contributed by atoms with Gasteiger partial charge in [-0.25, -0.2) is 0 Å². The van der Waals surface area contributed by atoms with E-state index in [2.05, 4.69) is 19.2 Å². The van der Waals surface area contributed by atoms with E-state index in [1.54, 1.807) is 0 Å². The third kappa shape index (κ3) is 3.58. The molecule has 2 heteroatoms. The second-order valence-electron chi connectivity index (χ2n) is 4.49. The van der Waals surface area contributed by atoms with Gasteiger partial charge in [0.15, 0.2) is 0 Å². The monoisotopic (exact) mass is 199 g/mol. The Hall–Kier alpha value is -0.0800. The number of rotatable bonds is 6. The van der Waals surface area contributed by atoms with Crippen molar-refractivity contribution in [2.24, 2.45) is 5.92 Å². The first-order chi connectivity index (χ1) is 6.77. The molecule has 0 saturated heterocycles. The molecule has 0 spiro atoms. The Bertz CT molecular complexity index is 139. The van der Waals surface area contributed by atoms with Crippen molar-refractivity contribution in [3.05, 3.63) is 0 Å². The minimum absolute atomic E-state index is 0.352. The molecule has 0 aromatic carbocycles. The lowest BCUT2D eigenvalue weighted by molar-refractivity contribution is 0.0191. The van der Waals surface area contributed by atoms with Crippen LogP contribution < -0.4 is 5.32 Å². The van der Waals surface area contributed by atoms with Crippen LogP contribution in [0, 0.1) is 5.92 Å². The van der Waals surface area contributed by atoms with Gasteiger partial charge >= 0.3 is 0 Å². The van der Waals surface area contributed by atoms with Crippen LogP contribution in [0.2, 0.25) is 0 Å². The van der Waals surface area contributed by atoms with Gasteiger partial charge in [0, 0.05) is 12.6 Å². The van der Waals surface area contributed by atoms with E-state index >= 15 is 0 Å². The van der Waals surface area contributed by atoms with Gasteiger partial charge in [-0.05, 0) is 39.2 Å². The molecule has 0 radical (unpaired) electrons. The summed E-state index contributed by atoms with van der Waals surface area (Å²) in [6.07, 6.45) is 7.07. The molecule has 2 nitrogen and oxygen atoms in total. The minimum Gasteiger partial charge on any atom is -0.377 e. The summed E-state index contributed by atoms with van der Waals surface area (Å²) in [7, 11) is 2.02. The van der Waals surface area contributed by atoms with Crippen LogP contribution in [-0.2, 0) is 4.74 Å². The van der Waals surface area contributed by atoms with Crippen LogP contribution in [0.3, 0.4) is 0 Å². The quantitative estimate of drug-likeness (QED) is 0.710. The lowest BCUT2D eigenvalue weighted by atomic mass is 10.1. The summed E-state index contributed by atoms with van der Waals surface area (Å²) in [6.45, 7) is 5.36. The molecule has 1 saturated carbocycles. The van der Waals surface area contributed by atoms with Crippen molar-refractivity contribution in [2.45, 2.75) is 58.1 Å². The molecule has 0 aliphatic heterocycles. The van der Waals surface area contributed by atoms with E-state index in [1.807, 2.05) is 7.05 Å². The first-order valence-electron chi connectivity index (χ1n) is 6.06. The zero-order valence-corrected chi connectivity index (χ0v) is 9.88. The summed E-state index contributed by atoms with van der Waals surface area (Å²) < 4.78 is 5.91. The molecule has 1 aliphatic rings. The van der Waals surface area contributed by atoms with Crippen molar-refractivity contribution < 1.29 is 4.74 Å². The summed E-state index contributed by atoms with van der Waals surface area (Å²) in [6, 6.07) is 0.511. The van der Waals surface area contributed by atoms with Crippen LogP contribution >= 0.6 is 0 Å². The van der Waals surface area contributed by atoms with Gasteiger partial charge in [-0.3, -0.25) is 0 Å². The average Bonchev–Trinajstić information content (AvgIpc) is 2.69. The molecule has 1 aliphatic carbocycles. The Labute approximate surface area is 88.4 Å². The zero-order valence-electron chi connectivity index (χ0n) is 9.88. The van der Waals surface area contributed by atoms with E-state index in [0.717, 1.165) is 18.9 Å². The Morgan fingerprint density at radius 1 is 1.36 bits per heavy atom. The molecule has 0 heterocycles. The lowest BCUT2D eigenvalue weighted by Gasteiger charge is -2.24. The standard InChI is InChI=1S/C12H25NO/c1-4-12(13-3)10(2)14-9-11-7-5-6-8-11/h10-13H,4-9H2,1-3H3. The highest BCUT2D eigenvalue weighted by Gasteiger charge is 2.19. The molecule has 1 fully saturated rings. The number of hydrogen-bond donors (Lipinski definition) is 1. The summed E-state index contributed by atoms with van der Waals surface area (Å²) >= 11 is 0. The molecule has 0 aromatic rings. The zero-order chi connectivity index (χ0) is 10.4. The molecule has 1 N–H and O–H groups in total. The van der Waals surface area contributed by atoms with Gasteiger partial charge in [0.1, 0.15) is 0 Å². The second kappa shape index (κ2) is 6.41. The van der Waals surface area contributed by atoms with Crippen LogP contribution in [0.5, 0.6) is 0 Å². The largest absolute Gasteiger partial charge is 0.377 e. The Morgan fingerprint density at radius 2 is 2.00 bits per heavy atom. The molecule has 14 heavy (non-hydrogen) atoms.